The van der Waals surface area contributed by atoms with Crippen LogP contribution >= 0.6 is 19.2 Å². The predicted octanol–water partition coefficient (Wildman–Crippen LogP) is 1.44. The van der Waals surface area contributed by atoms with E-state index in [9.17, 15) is 9.36 Å². The Hall–Kier alpha value is -1.74. The minimum Gasteiger partial charge on any atom is -0.368 e. The first kappa shape index (κ1) is 19.6. The summed E-state index contributed by atoms with van der Waals surface area (Å²) in [6, 6.07) is 0. The first-order valence-corrected chi connectivity index (χ1v) is 9.77. The number of hydrogen-bond donors (Lipinski definition) is 2. The molecule has 138 valence electrons. The van der Waals surface area contributed by atoms with E-state index < -0.39 is 7.60 Å². The van der Waals surface area contributed by atoms with Crippen molar-refractivity contribution in [3.8, 4) is 0 Å². The van der Waals surface area contributed by atoms with Crippen LogP contribution in [0.25, 0.3) is 11.2 Å². The van der Waals surface area contributed by atoms with Crippen molar-refractivity contribution in [3.05, 3.63) is 11.5 Å². The number of fused-ring (bicyclic) bond motifs is 1. The standard InChI is InChI=1S/C13H20ClN6O4P/c1-3-23-25(22,24-4-2)6-5-16-9(21)7-20-8-17-10-11(14)18-13(15)19-12(10)20/h8H,3-7H2,1-2H3,(H,16,21)(H2,15,18,19). The predicted molar refractivity (Wildman–Crippen MR) is 93.5 cm³/mol. The summed E-state index contributed by atoms with van der Waals surface area (Å²) < 4.78 is 24.1. The molecule has 2 aromatic rings. The summed E-state index contributed by atoms with van der Waals surface area (Å²) in [4.78, 5) is 24.0. The highest BCUT2D eigenvalue weighted by atomic mass is 35.5. The Labute approximate surface area is 149 Å². The van der Waals surface area contributed by atoms with Crippen LogP contribution < -0.4 is 11.1 Å². The first-order chi connectivity index (χ1) is 11.9. The van der Waals surface area contributed by atoms with E-state index in [0.29, 0.717) is 11.2 Å². The van der Waals surface area contributed by atoms with Gasteiger partial charge < -0.3 is 24.7 Å². The number of nitrogen functional groups attached to an aromatic ring is 1. The average molecular weight is 391 g/mol. The average Bonchev–Trinajstić information content (AvgIpc) is 2.91. The van der Waals surface area contributed by atoms with Gasteiger partial charge in [0.15, 0.2) is 10.8 Å². The summed E-state index contributed by atoms with van der Waals surface area (Å²) in [5.41, 5.74) is 6.29. The van der Waals surface area contributed by atoms with Gasteiger partial charge in [0.2, 0.25) is 11.9 Å². The molecule has 0 aliphatic carbocycles. The highest BCUT2D eigenvalue weighted by Crippen LogP contribution is 2.47. The van der Waals surface area contributed by atoms with Crippen LogP contribution in [0.1, 0.15) is 13.8 Å². The third-order valence-corrected chi connectivity index (χ3v) is 5.45. The maximum Gasteiger partial charge on any atom is 0.332 e. The van der Waals surface area contributed by atoms with Gasteiger partial charge in [-0.3, -0.25) is 9.36 Å². The minimum atomic E-state index is -3.19. The molecule has 0 saturated heterocycles. The quantitative estimate of drug-likeness (QED) is 0.485. The maximum atomic E-state index is 12.3. The third kappa shape index (κ3) is 5.12. The molecule has 0 radical (unpaired) electrons. The Bertz CT molecular complexity index is 788. The van der Waals surface area contributed by atoms with Crippen LogP contribution in [0.15, 0.2) is 6.33 Å². The molecule has 0 aliphatic heterocycles. The Balaban J connectivity index is 1.96. The number of carbonyl (C=O) groups excluding carboxylic acids is 1. The van der Waals surface area contributed by atoms with Gasteiger partial charge in [0, 0.05) is 6.54 Å². The fourth-order valence-electron chi connectivity index (χ4n) is 2.14. The van der Waals surface area contributed by atoms with Crippen molar-refractivity contribution in [2.24, 2.45) is 0 Å². The van der Waals surface area contributed by atoms with Gasteiger partial charge in [-0.2, -0.15) is 9.97 Å². The topological polar surface area (TPSA) is 134 Å². The largest absolute Gasteiger partial charge is 0.368 e. The summed E-state index contributed by atoms with van der Waals surface area (Å²) >= 11 is 5.94. The second kappa shape index (κ2) is 8.57. The number of halogens is 1. The van der Waals surface area contributed by atoms with Crippen LogP contribution in [0.2, 0.25) is 5.15 Å². The van der Waals surface area contributed by atoms with E-state index in [-0.39, 0.29) is 49.5 Å². The third-order valence-electron chi connectivity index (χ3n) is 3.11. The van der Waals surface area contributed by atoms with E-state index in [2.05, 4.69) is 20.3 Å². The lowest BCUT2D eigenvalue weighted by atomic mass is 10.5. The number of nitrogens with two attached hydrogens (primary N) is 1. The second-order valence-corrected chi connectivity index (χ2v) is 7.48. The molecule has 1 amide bonds. The molecule has 2 rings (SSSR count). The fraction of sp³-hybridized carbons (Fsp3) is 0.538. The second-order valence-electron chi connectivity index (χ2n) is 4.94. The van der Waals surface area contributed by atoms with E-state index in [4.69, 9.17) is 26.4 Å². The Kier molecular flexibility index (Phi) is 6.71. The molecule has 10 nitrogen and oxygen atoms in total. The van der Waals surface area contributed by atoms with Gasteiger partial charge in [0.25, 0.3) is 0 Å². The van der Waals surface area contributed by atoms with Crippen LogP contribution in [0.5, 0.6) is 0 Å². The zero-order valence-corrected chi connectivity index (χ0v) is 15.6. The van der Waals surface area contributed by atoms with Crippen molar-refractivity contribution in [2.75, 3.05) is 31.7 Å². The zero-order valence-electron chi connectivity index (χ0n) is 13.9. The lowest BCUT2D eigenvalue weighted by Gasteiger charge is -2.17. The Morgan fingerprint density at radius 2 is 2.04 bits per heavy atom. The molecule has 25 heavy (non-hydrogen) atoms. The van der Waals surface area contributed by atoms with Gasteiger partial charge in [-0.15, -0.1) is 0 Å². The smallest absolute Gasteiger partial charge is 0.332 e. The van der Waals surface area contributed by atoms with E-state index in [1.807, 2.05) is 0 Å². The molecule has 2 heterocycles. The number of nitrogens with one attached hydrogen (secondary N) is 1. The van der Waals surface area contributed by atoms with Gasteiger partial charge >= 0.3 is 7.60 Å². The van der Waals surface area contributed by atoms with Crippen molar-refractivity contribution < 1.29 is 18.4 Å². The number of amides is 1. The summed E-state index contributed by atoms with van der Waals surface area (Å²) in [5, 5.41) is 2.78. The van der Waals surface area contributed by atoms with E-state index >= 15 is 0 Å². The number of rotatable bonds is 9. The monoisotopic (exact) mass is 390 g/mol. The number of aromatic nitrogens is 4. The molecule has 0 unspecified atom stereocenters. The van der Waals surface area contributed by atoms with Crippen molar-refractivity contribution in [2.45, 2.75) is 20.4 Å². The van der Waals surface area contributed by atoms with Crippen LogP contribution in [0, 0.1) is 0 Å². The molecule has 0 aromatic carbocycles. The van der Waals surface area contributed by atoms with Gasteiger partial charge in [-0.05, 0) is 13.8 Å². The molecular formula is C13H20ClN6O4P. The summed E-state index contributed by atoms with van der Waals surface area (Å²) in [6.45, 7) is 4.11. The van der Waals surface area contributed by atoms with Gasteiger partial charge in [0.05, 0.1) is 25.7 Å². The fourth-order valence-corrected chi connectivity index (χ4v) is 3.87. The first-order valence-electron chi connectivity index (χ1n) is 7.67. The molecule has 3 N–H and O–H groups in total. The maximum absolute atomic E-state index is 12.3. The van der Waals surface area contributed by atoms with Crippen molar-refractivity contribution in [3.63, 3.8) is 0 Å². The molecule has 0 saturated carbocycles. The minimum absolute atomic E-state index is 0.00553. The van der Waals surface area contributed by atoms with Gasteiger partial charge in [0.1, 0.15) is 12.1 Å². The molecule has 0 aliphatic rings. The number of carbonyl (C=O) groups is 1. The number of hydrogen-bond acceptors (Lipinski definition) is 8. The van der Waals surface area contributed by atoms with Crippen molar-refractivity contribution in [1.82, 2.24) is 24.8 Å². The lowest BCUT2D eigenvalue weighted by molar-refractivity contribution is -0.121. The van der Waals surface area contributed by atoms with Crippen LogP contribution in [-0.4, -0.2) is 51.3 Å². The van der Waals surface area contributed by atoms with Crippen LogP contribution in [0.3, 0.4) is 0 Å². The van der Waals surface area contributed by atoms with Gasteiger partial charge in [-0.25, -0.2) is 4.98 Å². The van der Waals surface area contributed by atoms with E-state index in [1.54, 1.807) is 13.8 Å². The number of nitrogens with zero attached hydrogens (tertiary/aromatic N) is 4. The molecule has 0 fully saturated rings. The van der Waals surface area contributed by atoms with Crippen LogP contribution in [-0.2, 0) is 25.0 Å². The van der Waals surface area contributed by atoms with Crippen molar-refractivity contribution in [1.29, 1.82) is 0 Å². The highest BCUT2D eigenvalue weighted by Gasteiger charge is 2.23. The lowest BCUT2D eigenvalue weighted by Crippen LogP contribution is -2.30. The molecule has 2 aromatic heterocycles. The van der Waals surface area contributed by atoms with E-state index in [1.165, 1.54) is 10.9 Å². The molecule has 0 bridgehead atoms. The normalized spacial score (nSPS) is 11.8. The Morgan fingerprint density at radius 1 is 1.36 bits per heavy atom. The number of imidazole rings is 1. The number of anilines is 1. The zero-order chi connectivity index (χ0) is 18.4. The molecular weight excluding hydrogens is 371 g/mol. The van der Waals surface area contributed by atoms with Gasteiger partial charge in [-0.1, -0.05) is 11.6 Å². The summed E-state index contributed by atoms with van der Waals surface area (Å²) in [5.74, 6) is -0.318. The molecule has 12 heteroatoms. The van der Waals surface area contributed by atoms with E-state index in [0.717, 1.165) is 0 Å². The molecule has 0 atom stereocenters. The van der Waals surface area contributed by atoms with Crippen LogP contribution in [0.4, 0.5) is 5.95 Å². The Morgan fingerprint density at radius 3 is 2.68 bits per heavy atom. The summed E-state index contributed by atoms with van der Waals surface area (Å²) in [6.07, 6.45) is 1.52. The summed E-state index contributed by atoms with van der Waals surface area (Å²) in [7, 11) is -3.19. The highest BCUT2D eigenvalue weighted by molar-refractivity contribution is 7.53. The SMILES string of the molecule is CCOP(=O)(CCNC(=O)Cn1cnc2c(Cl)nc(N)nc21)OCC. The molecule has 0 spiro atoms. The van der Waals surface area contributed by atoms with Crippen molar-refractivity contribution >= 4 is 42.2 Å².